The molecule has 3 aromatic rings. The minimum Gasteiger partial charge on any atom is -0.497 e. The van der Waals surface area contributed by atoms with E-state index in [0.717, 1.165) is 49.6 Å². The summed E-state index contributed by atoms with van der Waals surface area (Å²) >= 11 is 1.39. The number of nitrogens with zero attached hydrogens (tertiary/aromatic N) is 3. The first kappa shape index (κ1) is 22.4. The third kappa shape index (κ3) is 5.89. The van der Waals surface area contributed by atoms with E-state index >= 15 is 0 Å². The minimum atomic E-state index is -0.0272. The summed E-state index contributed by atoms with van der Waals surface area (Å²) in [5.41, 5.74) is 2.20. The predicted octanol–water partition coefficient (Wildman–Crippen LogP) is 3.45. The number of rotatable bonds is 10. The number of hydrogen-bond donors (Lipinski definition) is 1. The Balaban J connectivity index is 1.46. The molecule has 168 valence electrons. The number of nitrogens with one attached hydrogen (secondary N) is 1. The van der Waals surface area contributed by atoms with Gasteiger partial charge in [0.1, 0.15) is 11.6 Å². The van der Waals surface area contributed by atoms with Gasteiger partial charge in [0.05, 0.1) is 19.0 Å². The Hall–Kier alpha value is -2.84. The second-order valence-corrected chi connectivity index (χ2v) is 8.59. The van der Waals surface area contributed by atoms with E-state index in [9.17, 15) is 4.79 Å². The predicted molar refractivity (Wildman–Crippen MR) is 124 cm³/mol. The third-order valence-electron chi connectivity index (χ3n) is 5.39. The van der Waals surface area contributed by atoms with Crippen LogP contribution in [0.25, 0.3) is 5.69 Å². The molecule has 2 aromatic carbocycles. The maximum absolute atomic E-state index is 12.4. The molecule has 0 aliphatic carbocycles. The van der Waals surface area contributed by atoms with Gasteiger partial charge in [-0.3, -0.25) is 9.36 Å². The zero-order chi connectivity index (χ0) is 22.2. The van der Waals surface area contributed by atoms with Crippen molar-refractivity contribution in [2.24, 2.45) is 0 Å². The number of carbonyl (C=O) groups excluding carboxylic acids is 1. The maximum Gasteiger partial charge on any atom is 0.230 e. The van der Waals surface area contributed by atoms with Crippen LogP contribution in [0.15, 0.2) is 59.8 Å². The summed E-state index contributed by atoms with van der Waals surface area (Å²) in [4.78, 5) is 12.4. The molecule has 1 aliphatic rings. The van der Waals surface area contributed by atoms with Crippen LogP contribution < -0.4 is 10.1 Å². The highest BCUT2D eigenvalue weighted by Crippen LogP contribution is 2.24. The van der Waals surface area contributed by atoms with Gasteiger partial charge in [-0.25, -0.2) is 0 Å². The van der Waals surface area contributed by atoms with E-state index < -0.39 is 0 Å². The Morgan fingerprint density at radius 1 is 1.16 bits per heavy atom. The highest BCUT2D eigenvalue weighted by atomic mass is 32.2. The molecular weight excluding hydrogens is 424 g/mol. The molecule has 1 aromatic heterocycles. The zero-order valence-electron chi connectivity index (χ0n) is 18.2. The van der Waals surface area contributed by atoms with Crippen molar-refractivity contribution in [1.29, 1.82) is 0 Å². The van der Waals surface area contributed by atoms with Crippen LogP contribution in [-0.2, 0) is 22.4 Å². The lowest BCUT2D eigenvalue weighted by Gasteiger charge is -2.12. The first-order valence-electron chi connectivity index (χ1n) is 10.9. The molecular formula is C24H28N4O3S. The lowest BCUT2D eigenvalue weighted by Crippen LogP contribution is -2.32. The van der Waals surface area contributed by atoms with Gasteiger partial charge in [0.25, 0.3) is 0 Å². The van der Waals surface area contributed by atoms with Crippen LogP contribution in [0.4, 0.5) is 0 Å². The summed E-state index contributed by atoms with van der Waals surface area (Å²) < 4.78 is 12.9. The van der Waals surface area contributed by atoms with Crippen molar-refractivity contribution in [2.75, 3.05) is 26.0 Å². The van der Waals surface area contributed by atoms with Crippen molar-refractivity contribution in [2.45, 2.75) is 36.9 Å². The molecule has 0 spiro atoms. The van der Waals surface area contributed by atoms with Crippen molar-refractivity contribution in [3.8, 4) is 11.4 Å². The van der Waals surface area contributed by atoms with Gasteiger partial charge in [-0.1, -0.05) is 42.1 Å². The number of ether oxygens (including phenoxy) is 2. The normalized spacial score (nSPS) is 15.6. The molecule has 0 bridgehead atoms. The van der Waals surface area contributed by atoms with Crippen LogP contribution in [0.2, 0.25) is 0 Å². The number of aromatic nitrogens is 3. The standard InChI is InChI=1S/C24H28N4O3S/c1-30-20-12-10-19(11-13-20)28-22(14-9-18-6-3-2-4-7-18)26-27-24(28)32-17-23(29)25-16-21-8-5-15-31-21/h2-4,6-7,10-13,21H,5,8-9,14-17H2,1H3,(H,25,29)/t21-/m1/s1. The number of benzene rings is 2. The summed E-state index contributed by atoms with van der Waals surface area (Å²) in [6.45, 7) is 1.35. The number of thioether (sulfide) groups is 1. The summed E-state index contributed by atoms with van der Waals surface area (Å²) in [6, 6.07) is 18.1. The van der Waals surface area contributed by atoms with Crippen molar-refractivity contribution in [1.82, 2.24) is 20.1 Å². The van der Waals surface area contributed by atoms with Crippen molar-refractivity contribution < 1.29 is 14.3 Å². The fraction of sp³-hybridized carbons (Fsp3) is 0.375. The monoisotopic (exact) mass is 452 g/mol. The Bertz CT molecular complexity index is 1000. The molecule has 32 heavy (non-hydrogen) atoms. The van der Waals surface area contributed by atoms with Gasteiger partial charge < -0.3 is 14.8 Å². The molecule has 1 N–H and O–H groups in total. The molecule has 0 radical (unpaired) electrons. The zero-order valence-corrected chi connectivity index (χ0v) is 19.0. The van der Waals surface area contributed by atoms with Gasteiger partial charge in [0, 0.05) is 25.3 Å². The Kier molecular flexibility index (Phi) is 7.79. The third-order valence-corrected chi connectivity index (χ3v) is 6.32. The quantitative estimate of drug-likeness (QED) is 0.475. The van der Waals surface area contributed by atoms with E-state index in [1.165, 1.54) is 17.3 Å². The summed E-state index contributed by atoms with van der Waals surface area (Å²) in [5.74, 6) is 1.90. The fourth-order valence-corrected chi connectivity index (χ4v) is 4.46. The van der Waals surface area contributed by atoms with Crippen LogP contribution in [0.5, 0.6) is 5.75 Å². The lowest BCUT2D eigenvalue weighted by atomic mass is 10.1. The Labute approximate surface area is 192 Å². The van der Waals surface area contributed by atoms with Crippen molar-refractivity contribution in [3.63, 3.8) is 0 Å². The highest BCUT2D eigenvalue weighted by molar-refractivity contribution is 7.99. The maximum atomic E-state index is 12.4. The summed E-state index contributed by atoms with van der Waals surface area (Å²) in [6.07, 6.45) is 3.81. The molecule has 0 unspecified atom stereocenters. The first-order valence-corrected chi connectivity index (χ1v) is 11.9. The fourth-order valence-electron chi connectivity index (χ4n) is 3.66. The number of hydrogen-bond acceptors (Lipinski definition) is 6. The van der Waals surface area contributed by atoms with E-state index in [0.29, 0.717) is 11.7 Å². The van der Waals surface area contributed by atoms with Gasteiger partial charge in [-0.05, 0) is 49.1 Å². The molecule has 1 amide bonds. The molecule has 8 heteroatoms. The molecule has 2 heterocycles. The molecule has 1 aliphatic heterocycles. The number of methoxy groups -OCH3 is 1. The molecule has 4 rings (SSSR count). The first-order chi connectivity index (χ1) is 15.7. The Morgan fingerprint density at radius 3 is 2.69 bits per heavy atom. The van der Waals surface area contributed by atoms with Crippen LogP contribution in [0.3, 0.4) is 0 Å². The second-order valence-electron chi connectivity index (χ2n) is 7.65. The van der Waals surface area contributed by atoms with Crippen LogP contribution >= 0.6 is 11.8 Å². The average Bonchev–Trinajstić information content (AvgIpc) is 3.51. The smallest absolute Gasteiger partial charge is 0.230 e. The van der Waals surface area contributed by atoms with E-state index in [2.05, 4.69) is 27.6 Å². The Morgan fingerprint density at radius 2 is 1.97 bits per heavy atom. The molecule has 1 atom stereocenters. The largest absolute Gasteiger partial charge is 0.497 e. The van der Waals surface area contributed by atoms with Crippen LogP contribution in [0, 0.1) is 0 Å². The SMILES string of the molecule is COc1ccc(-n2c(CCc3ccccc3)nnc2SCC(=O)NC[C@H]2CCCO2)cc1. The molecule has 0 saturated carbocycles. The van der Waals surface area contributed by atoms with E-state index in [-0.39, 0.29) is 17.8 Å². The second kappa shape index (κ2) is 11.2. The van der Waals surface area contributed by atoms with Gasteiger partial charge >= 0.3 is 0 Å². The average molecular weight is 453 g/mol. The summed E-state index contributed by atoms with van der Waals surface area (Å²) in [5, 5.41) is 12.5. The van der Waals surface area contributed by atoms with Gasteiger partial charge in [0.2, 0.25) is 5.91 Å². The van der Waals surface area contributed by atoms with E-state index in [4.69, 9.17) is 9.47 Å². The molecule has 1 saturated heterocycles. The van der Waals surface area contributed by atoms with Crippen molar-refractivity contribution >= 4 is 17.7 Å². The number of amides is 1. The van der Waals surface area contributed by atoms with Crippen molar-refractivity contribution in [3.05, 3.63) is 66.0 Å². The van der Waals surface area contributed by atoms with Gasteiger partial charge in [-0.15, -0.1) is 10.2 Å². The summed E-state index contributed by atoms with van der Waals surface area (Å²) in [7, 11) is 1.65. The highest BCUT2D eigenvalue weighted by Gasteiger charge is 2.18. The molecule has 7 nitrogen and oxygen atoms in total. The van der Waals surface area contributed by atoms with Gasteiger partial charge in [-0.2, -0.15) is 0 Å². The van der Waals surface area contributed by atoms with Crippen LogP contribution in [-0.4, -0.2) is 52.8 Å². The van der Waals surface area contributed by atoms with E-state index in [1.54, 1.807) is 7.11 Å². The minimum absolute atomic E-state index is 0.0272. The van der Waals surface area contributed by atoms with Gasteiger partial charge in [0.15, 0.2) is 5.16 Å². The van der Waals surface area contributed by atoms with E-state index in [1.807, 2.05) is 47.0 Å². The lowest BCUT2D eigenvalue weighted by molar-refractivity contribution is -0.119. The molecule has 1 fully saturated rings. The number of aryl methyl sites for hydroxylation is 2. The number of carbonyl (C=O) groups is 1. The topological polar surface area (TPSA) is 78.3 Å². The van der Waals surface area contributed by atoms with Crippen LogP contribution in [0.1, 0.15) is 24.2 Å².